The fourth-order valence-corrected chi connectivity index (χ4v) is 7.97. The molecular formula is C33H19N3S2. The van der Waals surface area contributed by atoms with Crippen molar-refractivity contribution in [2.75, 3.05) is 0 Å². The van der Waals surface area contributed by atoms with Gasteiger partial charge in [-0.3, -0.25) is 8.97 Å². The van der Waals surface area contributed by atoms with Gasteiger partial charge in [0.1, 0.15) is 0 Å². The van der Waals surface area contributed by atoms with E-state index in [2.05, 4.69) is 123 Å². The Hall–Kier alpha value is -4.45. The average Bonchev–Trinajstić information content (AvgIpc) is 3.75. The molecule has 4 heterocycles. The van der Waals surface area contributed by atoms with E-state index in [9.17, 15) is 0 Å². The second-order valence-corrected chi connectivity index (χ2v) is 11.5. The van der Waals surface area contributed by atoms with Crippen LogP contribution in [0.3, 0.4) is 0 Å². The minimum absolute atomic E-state index is 0.936. The van der Waals surface area contributed by atoms with Gasteiger partial charge in [-0.2, -0.15) is 0 Å². The molecule has 0 saturated heterocycles. The number of aromatic nitrogens is 3. The summed E-state index contributed by atoms with van der Waals surface area (Å²) in [6.45, 7) is 0. The van der Waals surface area contributed by atoms with Crippen molar-refractivity contribution in [2.45, 2.75) is 0 Å². The smallest absolute Gasteiger partial charge is 0.220 e. The lowest BCUT2D eigenvalue weighted by molar-refractivity contribution is 1.11. The fraction of sp³-hybridized carbons (Fsp3) is 0. The number of thiophene rings is 2. The Balaban J connectivity index is 1.39. The molecule has 178 valence electrons. The summed E-state index contributed by atoms with van der Waals surface area (Å²) in [6, 6.07) is 37.3. The van der Waals surface area contributed by atoms with E-state index in [4.69, 9.17) is 4.98 Å². The molecule has 0 N–H and O–H groups in total. The lowest BCUT2D eigenvalue weighted by Gasteiger charge is -2.19. The van der Waals surface area contributed by atoms with Gasteiger partial charge < -0.3 is 0 Å². The first-order chi connectivity index (χ1) is 18.9. The Kier molecular flexibility index (Phi) is 4.09. The van der Waals surface area contributed by atoms with Crippen LogP contribution in [0.5, 0.6) is 0 Å². The number of hydrogen-bond donors (Lipinski definition) is 0. The zero-order chi connectivity index (χ0) is 24.8. The molecule has 1 aliphatic carbocycles. The van der Waals surface area contributed by atoms with Crippen molar-refractivity contribution in [1.82, 2.24) is 14.0 Å². The first-order valence-corrected chi connectivity index (χ1v) is 14.4. The van der Waals surface area contributed by atoms with E-state index in [-0.39, 0.29) is 0 Å². The van der Waals surface area contributed by atoms with E-state index < -0.39 is 0 Å². The number of fused-ring (bicyclic) bond motifs is 13. The van der Waals surface area contributed by atoms with Gasteiger partial charge in [-0.15, -0.1) is 22.7 Å². The topological polar surface area (TPSA) is 22.2 Å². The lowest BCUT2D eigenvalue weighted by Crippen LogP contribution is -1.98. The third-order valence-electron chi connectivity index (χ3n) is 7.70. The maximum absolute atomic E-state index is 5.10. The summed E-state index contributed by atoms with van der Waals surface area (Å²) in [5, 5.41) is 4.44. The van der Waals surface area contributed by atoms with Gasteiger partial charge in [-0.1, -0.05) is 54.6 Å². The van der Waals surface area contributed by atoms with Crippen LogP contribution in [0.2, 0.25) is 0 Å². The summed E-state index contributed by atoms with van der Waals surface area (Å²) >= 11 is 3.65. The molecule has 0 spiro atoms. The second kappa shape index (κ2) is 7.54. The molecule has 1 aliphatic rings. The van der Waals surface area contributed by atoms with Crippen LogP contribution in [0, 0.1) is 0 Å². The quantitative estimate of drug-likeness (QED) is 0.211. The lowest BCUT2D eigenvalue weighted by atomic mass is 9.88. The predicted molar refractivity (Wildman–Crippen MR) is 161 cm³/mol. The van der Waals surface area contributed by atoms with Crippen molar-refractivity contribution in [3.05, 3.63) is 114 Å². The molecule has 5 heteroatoms. The monoisotopic (exact) mass is 521 g/mol. The maximum atomic E-state index is 5.10. The Bertz CT molecular complexity index is 2200. The molecule has 0 unspecified atom stereocenters. The summed E-state index contributed by atoms with van der Waals surface area (Å²) < 4.78 is 4.59. The van der Waals surface area contributed by atoms with Crippen LogP contribution in [0.1, 0.15) is 0 Å². The minimum Gasteiger partial charge on any atom is -0.278 e. The van der Waals surface area contributed by atoms with Crippen LogP contribution < -0.4 is 0 Å². The minimum atomic E-state index is 0.936. The Labute approximate surface area is 226 Å². The molecular weight excluding hydrogens is 503 g/mol. The van der Waals surface area contributed by atoms with Crippen LogP contribution in [-0.4, -0.2) is 14.0 Å². The van der Waals surface area contributed by atoms with Crippen molar-refractivity contribution < 1.29 is 0 Å². The number of para-hydroxylation sites is 4. The molecule has 0 radical (unpaired) electrons. The highest BCUT2D eigenvalue weighted by Gasteiger charge is 2.25. The van der Waals surface area contributed by atoms with Crippen molar-refractivity contribution >= 4 is 50.5 Å². The molecule has 0 amide bonds. The van der Waals surface area contributed by atoms with Gasteiger partial charge in [-0.05, 0) is 70.4 Å². The van der Waals surface area contributed by atoms with Gasteiger partial charge in [0.05, 0.1) is 22.1 Å². The SMILES string of the molecule is c1ccc2c(c1)-c1ccsc1-c1cc(-n3c4ccccc4n4c5ccccc5nc34)ccc1-c1ccsc1-2. The number of hydrogen-bond acceptors (Lipinski definition) is 3. The average molecular weight is 522 g/mol. The Morgan fingerprint density at radius 2 is 1.13 bits per heavy atom. The number of benzene rings is 4. The van der Waals surface area contributed by atoms with E-state index >= 15 is 0 Å². The molecule has 38 heavy (non-hydrogen) atoms. The molecule has 4 aromatic carbocycles. The zero-order valence-electron chi connectivity index (χ0n) is 20.1. The van der Waals surface area contributed by atoms with E-state index in [0.717, 1.165) is 33.5 Å². The molecule has 0 saturated carbocycles. The molecule has 9 rings (SSSR count). The van der Waals surface area contributed by atoms with Crippen LogP contribution >= 0.6 is 22.7 Å². The van der Waals surface area contributed by atoms with Crippen LogP contribution in [0.4, 0.5) is 0 Å². The van der Waals surface area contributed by atoms with Crippen molar-refractivity contribution in [3.8, 4) is 48.8 Å². The van der Waals surface area contributed by atoms with Crippen LogP contribution in [0.15, 0.2) is 114 Å². The first-order valence-electron chi connectivity index (χ1n) is 12.6. The summed E-state index contributed by atoms with van der Waals surface area (Å²) in [7, 11) is 0. The van der Waals surface area contributed by atoms with E-state index in [1.807, 2.05) is 22.7 Å². The van der Waals surface area contributed by atoms with Gasteiger partial charge in [0.25, 0.3) is 0 Å². The van der Waals surface area contributed by atoms with Crippen LogP contribution in [0.25, 0.3) is 76.7 Å². The number of rotatable bonds is 1. The largest absolute Gasteiger partial charge is 0.278 e. The summed E-state index contributed by atoms with van der Waals surface area (Å²) in [6.07, 6.45) is 0. The highest BCUT2D eigenvalue weighted by Crippen LogP contribution is 2.51. The standard InChI is InChI=1S/C33H19N3S2/c1-2-8-23-21(7-1)24-15-18-38-32(24)26-19-20(13-14-22(26)25-16-17-37-31(23)25)35-29-11-5-6-12-30(29)36-28-10-4-3-9-27(28)34-33(35)36/h1-19H. The summed E-state index contributed by atoms with van der Waals surface area (Å²) in [4.78, 5) is 7.74. The normalized spacial score (nSPS) is 12.2. The molecule has 4 aromatic heterocycles. The van der Waals surface area contributed by atoms with E-state index in [1.165, 1.54) is 43.1 Å². The van der Waals surface area contributed by atoms with Gasteiger partial charge in [0.15, 0.2) is 0 Å². The third kappa shape index (κ3) is 2.64. The van der Waals surface area contributed by atoms with Crippen molar-refractivity contribution in [2.24, 2.45) is 0 Å². The highest BCUT2D eigenvalue weighted by atomic mass is 32.1. The first kappa shape index (κ1) is 20.6. The van der Waals surface area contributed by atoms with E-state index in [1.54, 1.807) is 0 Å². The zero-order valence-corrected chi connectivity index (χ0v) is 21.8. The summed E-state index contributed by atoms with van der Waals surface area (Å²) in [5.41, 5.74) is 13.3. The summed E-state index contributed by atoms with van der Waals surface area (Å²) in [5.74, 6) is 0.936. The van der Waals surface area contributed by atoms with E-state index in [0.29, 0.717) is 0 Å². The maximum Gasteiger partial charge on any atom is 0.220 e. The van der Waals surface area contributed by atoms with Crippen molar-refractivity contribution in [3.63, 3.8) is 0 Å². The van der Waals surface area contributed by atoms with Gasteiger partial charge >= 0.3 is 0 Å². The second-order valence-electron chi connectivity index (χ2n) is 9.66. The van der Waals surface area contributed by atoms with Gasteiger partial charge in [0, 0.05) is 37.7 Å². The Morgan fingerprint density at radius 1 is 0.500 bits per heavy atom. The third-order valence-corrected chi connectivity index (χ3v) is 9.59. The molecule has 3 nitrogen and oxygen atoms in total. The molecule has 0 aliphatic heterocycles. The molecule has 8 aromatic rings. The van der Waals surface area contributed by atoms with Crippen molar-refractivity contribution in [1.29, 1.82) is 0 Å². The molecule has 0 fully saturated rings. The fourth-order valence-electron chi connectivity index (χ4n) is 6.08. The van der Waals surface area contributed by atoms with Crippen LogP contribution in [-0.2, 0) is 0 Å². The molecule has 0 bridgehead atoms. The predicted octanol–water partition coefficient (Wildman–Crippen LogP) is 9.54. The molecule has 0 atom stereocenters. The Morgan fingerprint density at radius 3 is 1.95 bits per heavy atom. The number of nitrogens with zero attached hydrogens (tertiary/aromatic N) is 3. The van der Waals surface area contributed by atoms with Gasteiger partial charge in [0.2, 0.25) is 5.78 Å². The number of imidazole rings is 2. The highest BCUT2D eigenvalue weighted by molar-refractivity contribution is 7.15. The van der Waals surface area contributed by atoms with Gasteiger partial charge in [-0.25, -0.2) is 4.98 Å².